The van der Waals surface area contributed by atoms with E-state index >= 15 is 0 Å². The van der Waals surface area contributed by atoms with Crippen molar-refractivity contribution in [2.45, 2.75) is 0 Å². The maximum Gasteiger partial charge on any atom is 0.419 e. The van der Waals surface area contributed by atoms with Crippen molar-refractivity contribution < 1.29 is 33.3 Å². The molecule has 1 aromatic heterocycles. The first-order valence-electron chi connectivity index (χ1n) is 3.73. The Morgan fingerprint density at radius 2 is 1.67 bits per heavy atom. The van der Waals surface area contributed by atoms with E-state index in [1.54, 1.807) is 0 Å². The molecule has 15 heavy (non-hydrogen) atoms. The summed E-state index contributed by atoms with van der Waals surface area (Å²) in [6.07, 6.45) is 0. The van der Waals surface area contributed by atoms with Crippen molar-refractivity contribution in [1.82, 2.24) is 0 Å². The molecular formula is C6H9NO6P2. The summed E-state index contributed by atoms with van der Waals surface area (Å²) in [7, 11) is -8.20. The maximum absolute atomic E-state index is 10.9. The first kappa shape index (κ1) is 12.5. The summed E-state index contributed by atoms with van der Waals surface area (Å²) in [5.74, 6) is 0. The Bertz CT molecular complexity index is 434. The van der Waals surface area contributed by atoms with Gasteiger partial charge < -0.3 is 19.6 Å². The lowest BCUT2D eigenvalue weighted by Gasteiger charge is -2.14. The molecule has 0 aliphatic carbocycles. The van der Waals surface area contributed by atoms with Gasteiger partial charge in [-0.3, -0.25) is 4.57 Å². The zero-order valence-corrected chi connectivity index (χ0v) is 9.43. The van der Waals surface area contributed by atoms with Gasteiger partial charge in [0.1, 0.15) is 7.05 Å². The lowest BCUT2D eigenvalue weighted by Crippen LogP contribution is -2.57. The molecule has 9 heteroatoms. The van der Waals surface area contributed by atoms with Crippen LogP contribution in [0.3, 0.4) is 0 Å². The van der Waals surface area contributed by atoms with Crippen molar-refractivity contribution in [3.63, 3.8) is 0 Å². The minimum atomic E-state index is -4.78. The van der Waals surface area contributed by atoms with Crippen LogP contribution in [0.5, 0.6) is 0 Å². The molecule has 0 spiro atoms. The van der Waals surface area contributed by atoms with Crippen LogP contribution in [0.15, 0.2) is 18.2 Å². The highest BCUT2D eigenvalue weighted by molar-refractivity contribution is 7.60. The molecule has 1 heterocycles. The van der Waals surface area contributed by atoms with Gasteiger partial charge in [-0.2, -0.15) is 4.57 Å². The van der Waals surface area contributed by atoms with E-state index in [-0.39, 0.29) is 0 Å². The van der Waals surface area contributed by atoms with Crippen LogP contribution in [0.25, 0.3) is 0 Å². The minimum absolute atomic E-state index is 0.481. The van der Waals surface area contributed by atoms with Gasteiger partial charge in [-0.1, -0.05) is 0 Å². The predicted octanol–water partition coefficient (Wildman–Crippen LogP) is -2.51. The number of hydrogen-bond acceptors (Lipinski definition) is 3. The summed E-state index contributed by atoms with van der Waals surface area (Å²) in [6, 6.07) is 3.28. The van der Waals surface area contributed by atoms with Crippen LogP contribution in [0.2, 0.25) is 0 Å². The van der Waals surface area contributed by atoms with Gasteiger partial charge in [0.2, 0.25) is 7.60 Å². The summed E-state index contributed by atoms with van der Waals surface area (Å²) >= 11 is 0. The van der Waals surface area contributed by atoms with Gasteiger partial charge in [-0.05, 0) is 6.07 Å². The van der Waals surface area contributed by atoms with Crippen molar-refractivity contribution in [3.05, 3.63) is 18.2 Å². The smallest absolute Gasteiger partial charge is 0.419 e. The second-order valence-corrected chi connectivity index (χ2v) is 5.91. The molecule has 1 rings (SSSR count). The van der Waals surface area contributed by atoms with Crippen LogP contribution in [-0.4, -0.2) is 14.7 Å². The molecule has 1 atom stereocenters. The minimum Gasteiger partial charge on any atom is -0.771 e. The first-order valence-corrected chi connectivity index (χ1v) is 6.92. The van der Waals surface area contributed by atoms with Crippen molar-refractivity contribution in [3.8, 4) is 0 Å². The largest absolute Gasteiger partial charge is 0.771 e. The second-order valence-electron chi connectivity index (χ2n) is 2.87. The Labute approximate surface area is 85.3 Å². The summed E-state index contributed by atoms with van der Waals surface area (Å²) in [6.45, 7) is 0. The van der Waals surface area contributed by atoms with E-state index in [1.807, 2.05) is 0 Å². The zero-order valence-electron chi connectivity index (χ0n) is 7.64. The average molecular weight is 253 g/mol. The fraction of sp³-hybridized carbons (Fsp3) is 0.167. The summed E-state index contributed by atoms with van der Waals surface area (Å²) < 4.78 is 22.5. The maximum atomic E-state index is 10.9. The number of pyridine rings is 1. The zero-order chi connectivity index (χ0) is 11.9. The molecule has 0 saturated heterocycles. The summed E-state index contributed by atoms with van der Waals surface area (Å²) in [4.78, 5) is 37.4. The van der Waals surface area contributed by atoms with E-state index in [0.29, 0.717) is 0 Å². The lowest BCUT2D eigenvalue weighted by atomic mass is 10.5. The molecule has 84 valence electrons. The van der Waals surface area contributed by atoms with E-state index < -0.39 is 26.1 Å². The molecule has 0 bridgehead atoms. The lowest BCUT2D eigenvalue weighted by molar-refractivity contribution is -0.637. The molecule has 3 N–H and O–H groups in total. The van der Waals surface area contributed by atoms with E-state index in [4.69, 9.17) is 14.7 Å². The molecule has 1 unspecified atom stereocenters. The standard InChI is InChI=1S/C6H9NO6P2/c1-7-5(14(8,9)10)3-2-4-6(7)15(11,12)13/h2-4H,1H3,(H3-,8,9,10,11,12,13). The van der Waals surface area contributed by atoms with E-state index in [2.05, 4.69) is 0 Å². The monoisotopic (exact) mass is 253 g/mol. The van der Waals surface area contributed by atoms with Crippen LogP contribution < -0.4 is 20.3 Å². The van der Waals surface area contributed by atoms with Gasteiger partial charge in [-0.15, -0.1) is 0 Å². The molecule has 0 saturated carbocycles. The number of aromatic nitrogens is 1. The fourth-order valence-corrected chi connectivity index (χ4v) is 2.76. The van der Waals surface area contributed by atoms with Crippen molar-refractivity contribution in [2.24, 2.45) is 7.05 Å². The normalized spacial score (nSPS) is 16.1. The van der Waals surface area contributed by atoms with Crippen LogP contribution in [0.1, 0.15) is 0 Å². The Kier molecular flexibility index (Phi) is 3.16. The van der Waals surface area contributed by atoms with Crippen molar-refractivity contribution >= 4 is 26.1 Å². The molecule has 1 aromatic rings. The molecule has 0 aliphatic rings. The number of rotatable bonds is 2. The SMILES string of the molecule is C[n+]1c(P(=O)([O-])O)cccc1P(=O)(O)O. The molecule has 0 amide bonds. The topological polar surface area (TPSA) is 122 Å². The van der Waals surface area contributed by atoms with Gasteiger partial charge in [0.25, 0.3) is 10.9 Å². The molecule has 0 aliphatic heterocycles. The molecule has 0 fully saturated rings. The Morgan fingerprint density at radius 1 is 1.20 bits per heavy atom. The highest BCUT2D eigenvalue weighted by Crippen LogP contribution is 2.32. The Balaban J connectivity index is 3.51. The molecule has 7 nitrogen and oxygen atoms in total. The van der Waals surface area contributed by atoms with E-state index in [0.717, 1.165) is 29.8 Å². The van der Waals surface area contributed by atoms with Gasteiger partial charge in [-0.25, -0.2) is 4.57 Å². The van der Waals surface area contributed by atoms with Crippen LogP contribution in [0, 0.1) is 0 Å². The first-order chi connectivity index (χ1) is 6.64. The van der Waals surface area contributed by atoms with E-state index in [1.165, 1.54) is 0 Å². The third kappa shape index (κ3) is 2.72. The number of hydrogen-bond donors (Lipinski definition) is 3. The number of nitrogens with zero attached hydrogens (tertiary/aromatic N) is 1. The Morgan fingerprint density at radius 3 is 2.07 bits per heavy atom. The quantitative estimate of drug-likeness (QED) is 0.395. The predicted molar refractivity (Wildman–Crippen MR) is 48.8 cm³/mol. The summed E-state index contributed by atoms with van der Waals surface area (Å²) in [5.41, 5.74) is -1.03. The van der Waals surface area contributed by atoms with Gasteiger partial charge >= 0.3 is 7.60 Å². The Hall–Kier alpha value is -0.550. The molecular weight excluding hydrogens is 244 g/mol. The average Bonchev–Trinajstić information content (AvgIpc) is 1.99. The van der Waals surface area contributed by atoms with Crippen LogP contribution >= 0.6 is 15.2 Å². The fourth-order valence-electron chi connectivity index (χ4n) is 1.14. The highest BCUT2D eigenvalue weighted by Gasteiger charge is 2.31. The molecule has 0 aromatic carbocycles. The highest BCUT2D eigenvalue weighted by atomic mass is 31.2. The van der Waals surface area contributed by atoms with Gasteiger partial charge in [0.05, 0.1) is 0 Å². The second kappa shape index (κ2) is 3.79. The van der Waals surface area contributed by atoms with Gasteiger partial charge in [0.15, 0.2) is 0 Å². The van der Waals surface area contributed by atoms with Gasteiger partial charge in [0, 0.05) is 12.1 Å². The van der Waals surface area contributed by atoms with Crippen molar-refractivity contribution in [1.29, 1.82) is 0 Å². The van der Waals surface area contributed by atoms with E-state index in [9.17, 15) is 14.0 Å². The molecule has 0 radical (unpaired) electrons. The third-order valence-corrected chi connectivity index (χ3v) is 3.84. The summed E-state index contributed by atoms with van der Waals surface area (Å²) in [5, 5.41) is 0. The third-order valence-electron chi connectivity index (χ3n) is 1.77. The van der Waals surface area contributed by atoms with Crippen molar-refractivity contribution in [2.75, 3.05) is 0 Å². The van der Waals surface area contributed by atoms with Crippen LogP contribution in [-0.2, 0) is 16.2 Å². The van der Waals surface area contributed by atoms with Crippen LogP contribution in [0.4, 0.5) is 0 Å².